The Balaban J connectivity index is 1.90. The van der Waals surface area contributed by atoms with Gasteiger partial charge in [-0.3, -0.25) is 0 Å². The minimum absolute atomic E-state index is 0.285. The molecule has 2 rings (SSSR count). The van der Waals surface area contributed by atoms with E-state index in [0.717, 1.165) is 0 Å². The molecule has 5 nitrogen and oxygen atoms in total. The Morgan fingerprint density at radius 2 is 1.77 bits per heavy atom. The highest BCUT2D eigenvalue weighted by Gasteiger charge is 2.05. The number of hydrogen-bond acceptors (Lipinski definition) is 5. The normalized spacial score (nSPS) is 10.6. The SMILES string of the molecule is COc1ccc(C=NO)cc1OCCOc1ccc(F)cc1. The van der Waals surface area contributed by atoms with Crippen molar-refractivity contribution in [2.45, 2.75) is 0 Å². The molecule has 0 bridgehead atoms. The van der Waals surface area contributed by atoms with Crippen LogP contribution in [-0.4, -0.2) is 31.7 Å². The van der Waals surface area contributed by atoms with E-state index in [0.29, 0.717) is 29.4 Å². The Morgan fingerprint density at radius 3 is 2.45 bits per heavy atom. The van der Waals surface area contributed by atoms with Gasteiger partial charge in [-0.15, -0.1) is 0 Å². The Labute approximate surface area is 127 Å². The second-order valence-electron chi connectivity index (χ2n) is 4.31. The van der Waals surface area contributed by atoms with Crippen molar-refractivity contribution in [1.29, 1.82) is 0 Å². The van der Waals surface area contributed by atoms with Crippen molar-refractivity contribution in [3.8, 4) is 17.2 Å². The summed E-state index contributed by atoms with van der Waals surface area (Å²) in [5.41, 5.74) is 0.678. The first kappa shape index (κ1) is 15.6. The Morgan fingerprint density at radius 1 is 1.05 bits per heavy atom. The predicted octanol–water partition coefficient (Wildman–Crippen LogP) is 3.10. The van der Waals surface area contributed by atoms with Crippen molar-refractivity contribution < 1.29 is 23.8 Å². The molecule has 0 unspecified atom stereocenters. The van der Waals surface area contributed by atoms with Crippen LogP contribution in [0.5, 0.6) is 17.2 Å². The smallest absolute Gasteiger partial charge is 0.161 e. The zero-order valence-corrected chi connectivity index (χ0v) is 12.0. The molecule has 0 aromatic heterocycles. The fraction of sp³-hybridized carbons (Fsp3) is 0.188. The fourth-order valence-corrected chi connectivity index (χ4v) is 1.80. The van der Waals surface area contributed by atoms with Crippen LogP contribution in [0.4, 0.5) is 4.39 Å². The largest absolute Gasteiger partial charge is 0.493 e. The molecular formula is C16H16FNO4. The average Bonchev–Trinajstić information content (AvgIpc) is 2.54. The van der Waals surface area contributed by atoms with Crippen LogP contribution in [0.2, 0.25) is 0 Å². The molecule has 0 aliphatic heterocycles. The van der Waals surface area contributed by atoms with Crippen LogP contribution in [0, 0.1) is 5.82 Å². The molecule has 0 saturated heterocycles. The second-order valence-corrected chi connectivity index (χ2v) is 4.31. The molecule has 0 fully saturated rings. The third-order valence-corrected chi connectivity index (χ3v) is 2.82. The van der Waals surface area contributed by atoms with E-state index in [1.165, 1.54) is 25.5 Å². The van der Waals surface area contributed by atoms with Crippen LogP contribution in [0.1, 0.15) is 5.56 Å². The van der Waals surface area contributed by atoms with Gasteiger partial charge in [0.05, 0.1) is 13.3 Å². The number of nitrogens with zero attached hydrogens (tertiary/aromatic N) is 1. The Kier molecular flexibility index (Phi) is 5.59. The van der Waals surface area contributed by atoms with E-state index in [1.54, 1.807) is 30.3 Å². The molecule has 116 valence electrons. The van der Waals surface area contributed by atoms with Gasteiger partial charge in [-0.2, -0.15) is 0 Å². The maximum Gasteiger partial charge on any atom is 0.161 e. The van der Waals surface area contributed by atoms with Crippen molar-refractivity contribution in [2.75, 3.05) is 20.3 Å². The average molecular weight is 305 g/mol. The van der Waals surface area contributed by atoms with Crippen LogP contribution >= 0.6 is 0 Å². The van der Waals surface area contributed by atoms with Gasteiger partial charge in [-0.25, -0.2) is 4.39 Å². The first-order valence-electron chi connectivity index (χ1n) is 6.59. The van der Waals surface area contributed by atoms with Crippen molar-refractivity contribution in [3.05, 3.63) is 53.8 Å². The van der Waals surface area contributed by atoms with E-state index in [2.05, 4.69) is 5.16 Å². The number of methoxy groups -OCH3 is 1. The molecule has 0 aliphatic carbocycles. The Bertz CT molecular complexity index is 629. The summed E-state index contributed by atoms with van der Waals surface area (Å²) in [4.78, 5) is 0. The zero-order valence-electron chi connectivity index (χ0n) is 12.0. The van der Waals surface area contributed by atoms with Gasteiger partial charge >= 0.3 is 0 Å². The van der Waals surface area contributed by atoms with E-state index in [9.17, 15) is 4.39 Å². The van der Waals surface area contributed by atoms with Crippen molar-refractivity contribution >= 4 is 6.21 Å². The highest BCUT2D eigenvalue weighted by atomic mass is 19.1. The minimum Gasteiger partial charge on any atom is -0.493 e. The van der Waals surface area contributed by atoms with Gasteiger partial charge < -0.3 is 19.4 Å². The summed E-state index contributed by atoms with van der Waals surface area (Å²) in [6.45, 7) is 0.584. The molecular weight excluding hydrogens is 289 g/mol. The van der Waals surface area contributed by atoms with Gasteiger partial charge in [0.25, 0.3) is 0 Å². The van der Waals surface area contributed by atoms with Crippen LogP contribution in [0.15, 0.2) is 47.6 Å². The van der Waals surface area contributed by atoms with Gasteiger partial charge in [-0.1, -0.05) is 5.16 Å². The molecule has 6 heteroatoms. The maximum absolute atomic E-state index is 12.8. The van der Waals surface area contributed by atoms with E-state index in [4.69, 9.17) is 19.4 Å². The van der Waals surface area contributed by atoms with Crippen molar-refractivity contribution in [3.63, 3.8) is 0 Å². The Hall–Kier alpha value is -2.76. The number of halogens is 1. The van der Waals surface area contributed by atoms with Gasteiger partial charge in [0.15, 0.2) is 11.5 Å². The molecule has 0 aliphatic rings. The third-order valence-electron chi connectivity index (χ3n) is 2.82. The second kappa shape index (κ2) is 7.87. The first-order chi connectivity index (χ1) is 10.7. The first-order valence-corrected chi connectivity index (χ1v) is 6.59. The monoisotopic (exact) mass is 305 g/mol. The topological polar surface area (TPSA) is 60.3 Å². The highest BCUT2D eigenvalue weighted by Crippen LogP contribution is 2.27. The van der Waals surface area contributed by atoms with Gasteiger partial charge in [-0.05, 0) is 42.5 Å². The van der Waals surface area contributed by atoms with Gasteiger partial charge in [0.1, 0.15) is 24.8 Å². The molecule has 0 saturated carbocycles. The lowest BCUT2D eigenvalue weighted by molar-refractivity contribution is 0.211. The maximum atomic E-state index is 12.8. The lowest BCUT2D eigenvalue weighted by Gasteiger charge is -2.12. The summed E-state index contributed by atoms with van der Waals surface area (Å²) >= 11 is 0. The van der Waals surface area contributed by atoms with E-state index in [1.807, 2.05) is 0 Å². The van der Waals surface area contributed by atoms with Crippen molar-refractivity contribution in [1.82, 2.24) is 0 Å². The predicted molar refractivity (Wildman–Crippen MR) is 79.8 cm³/mol. The van der Waals surface area contributed by atoms with Crippen LogP contribution in [0.3, 0.4) is 0 Å². The minimum atomic E-state index is -0.310. The molecule has 0 radical (unpaired) electrons. The number of rotatable bonds is 7. The molecule has 2 aromatic carbocycles. The summed E-state index contributed by atoms with van der Waals surface area (Å²) in [6, 6.07) is 10.9. The van der Waals surface area contributed by atoms with E-state index in [-0.39, 0.29) is 12.4 Å². The quantitative estimate of drug-likeness (QED) is 0.369. The molecule has 0 spiro atoms. The summed E-state index contributed by atoms with van der Waals surface area (Å²) < 4.78 is 29.0. The standard InChI is InChI=1S/C16H16FNO4/c1-20-15-7-2-12(11-18-19)10-16(15)22-9-8-21-14-5-3-13(17)4-6-14/h2-7,10-11,19H,8-9H2,1H3. The molecule has 0 amide bonds. The summed E-state index contributed by atoms with van der Waals surface area (Å²) in [6.07, 6.45) is 1.29. The fourth-order valence-electron chi connectivity index (χ4n) is 1.80. The number of hydrogen-bond donors (Lipinski definition) is 1. The molecule has 0 atom stereocenters. The van der Waals surface area contributed by atoms with E-state index < -0.39 is 0 Å². The summed E-state index contributed by atoms with van der Waals surface area (Å²) in [5, 5.41) is 11.5. The van der Waals surface area contributed by atoms with Gasteiger partial charge in [0, 0.05) is 5.56 Å². The number of ether oxygens (including phenoxy) is 3. The lowest BCUT2D eigenvalue weighted by atomic mass is 10.2. The van der Waals surface area contributed by atoms with Crippen LogP contribution < -0.4 is 14.2 Å². The van der Waals surface area contributed by atoms with Crippen molar-refractivity contribution in [2.24, 2.45) is 5.16 Å². The number of oxime groups is 1. The number of benzene rings is 2. The molecule has 2 aromatic rings. The highest BCUT2D eigenvalue weighted by molar-refractivity contribution is 5.80. The lowest BCUT2D eigenvalue weighted by Crippen LogP contribution is -2.09. The van der Waals surface area contributed by atoms with Crippen LogP contribution in [-0.2, 0) is 0 Å². The summed E-state index contributed by atoms with van der Waals surface area (Å²) in [5.74, 6) is 1.34. The molecule has 22 heavy (non-hydrogen) atoms. The third kappa shape index (κ3) is 4.37. The zero-order chi connectivity index (χ0) is 15.8. The van der Waals surface area contributed by atoms with Gasteiger partial charge in [0.2, 0.25) is 0 Å². The van der Waals surface area contributed by atoms with E-state index >= 15 is 0 Å². The summed E-state index contributed by atoms with van der Waals surface area (Å²) in [7, 11) is 1.54. The van der Waals surface area contributed by atoms with Crippen LogP contribution in [0.25, 0.3) is 0 Å². The molecule has 0 heterocycles. The molecule has 1 N–H and O–H groups in total.